The highest BCUT2D eigenvalue weighted by molar-refractivity contribution is 7.20. The maximum absolute atomic E-state index is 13.4. The number of ether oxygens (including phenoxy) is 1. The van der Waals surface area contributed by atoms with Crippen LogP contribution in [-0.4, -0.2) is 60.4 Å². The second-order valence-electron chi connectivity index (χ2n) is 8.70. The summed E-state index contributed by atoms with van der Waals surface area (Å²) in [5.74, 6) is -0.0328. The van der Waals surface area contributed by atoms with Crippen LogP contribution in [0.1, 0.15) is 55.7 Å². The second kappa shape index (κ2) is 8.64. The van der Waals surface area contributed by atoms with E-state index < -0.39 is 0 Å². The van der Waals surface area contributed by atoms with Crippen molar-refractivity contribution >= 4 is 33.4 Å². The summed E-state index contributed by atoms with van der Waals surface area (Å²) >= 11 is 1.39. The molecule has 7 heteroatoms. The molecule has 1 aliphatic carbocycles. The highest BCUT2D eigenvalue weighted by Gasteiger charge is 2.32. The van der Waals surface area contributed by atoms with Crippen LogP contribution in [0, 0.1) is 0 Å². The third-order valence-electron chi connectivity index (χ3n) is 6.38. The molecule has 0 saturated carbocycles. The van der Waals surface area contributed by atoms with Crippen LogP contribution < -0.4 is 0 Å². The maximum Gasteiger partial charge on any atom is 0.263 e. The number of thiophene rings is 1. The number of pyridine rings is 1. The van der Waals surface area contributed by atoms with Crippen molar-refractivity contribution in [2.75, 3.05) is 33.8 Å². The zero-order valence-corrected chi connectivity index (χ0v) is 19.3. The topological polar surface area (TPSA) is 62.7 Å². The van der Waals surface area contributed by atoms with Gasteiger partial charge in [0.25, 0.3) is 11.8 Å². The van der Waals surface area contributed by atoms with Crippen molar-refractivity contribution in [1.82, 2.24) is 14.8 Å². The fraction of sp³-hybridized carbons (Fsp3) is 0.400. The molecule has 6 nitrogen and oxygen atoms in total. The summed E-state index contributed by atoms with van der Waals surface area (Å²) in [6.07, 6.45) is 5.94. The molecule has 0 bridgehead atoms. The number of amides is 2. The van der Waals surface area contributed by atoms with Crippen LogP contribution in [-0.2, 0) is 17.6 Å². The molecule has 0 N–H and O–H groups in total. The lowest BCUT2D eigenvalue weighted by Crippen LogP contribution is -2.42. The normalized spacial score (nSPS) is 18.4. The Bertz CT molecular complexity index is 1190. The van der Waals surface area contributed by atoms with Crippen LogP contribution in [0.15, 0.2) is 36.5 Å². The van der Waals surface area contributed by atoms with Crippen molar-refractivity contribution in [3.05, 3.63) is 63.7 Å². The number of hydrogen-bond donors (Lipinski definition) is 0. The Morgan fingerprint density at radius 3 is 2.78 bits per heavy atom. The van der Waals surface area contributed by atoms with Crippen molar-refractivity contribution in [1.29, 1.82) is 0 Å². The van der Waals surface area contributed by atoms with Crippen molar-refractivity contribution in [3.8, 4) is 0 Å². The van der Waals surface area contributed by atoms with Gasteiger partial charge in [-0.15, -0.1) is 11.3 Å². The quantitative estimate of drug-likeness (QED) is 0.604. The molecule has 32 heavy (non-hydrogen) atoms. The number of carbonyl (C=O) groups excluding carboxylic acids is 2. The highest BCUT2D eigenvalue weighted by Crippen LogP contribution is 2.38. The van der Waals surface area contributed by atoms with Gasteiger partial charge in [-0.1, -0.05) is 12.1 Å². The van der Waals surface area contributed by atoms with Gasteiger partial charge in [0.1, 0.15) is 15.8 Å². The van der Waals surface area contributed by atoms with Crippen LogP contribution >= 0.6 is 11.3 Å². The fourth-order valence-corrected chi connectivity index (χ4v) is 5.91. The van der Waals surface area contributed by atoms with Gasteiger partial charge in [-0.3, -0.25) is 9.59 Å². The van der Waals surface area contributed by atoms with Crippen molar-refractivity contribution in [2.45, 2.75) is 31.8 Å². The van der Waals surface area contributed by atoms with E-state index in [0.29, 0.717) is 24.6 Å². The van der Waals surface area contributed by atoms with Crippen molar-refractivity contribution < 1.29 is 14.3 Å². The van der Waals surface area contributed by atoms with Crippen LogP contribution in [0.4, 0.5) is 0 Å². The molecular formula is C25H27N3O3S. The van der Waals surface area contributed by atoms with Gasteiger partial charge >= 0.3 is 0 Å². The predicted molar refractivity (Wildman–Crippen MR) is 125 cm³/mol. The number of morpholine rings is 1. The summed E-state index contributed by atoms with van der Waals surface area (Å²) in [7, 11) is 3.50. The molecule has 2 aliphatic rings. The number of aryl methyl sites for hydroxylation is 2. The fourth-order valence-electron chi connectivity index (χ4n) is 4.69. The number of hydrogen-bond acceptors (Lipinski definition) is 5. The molecule has 1 saturated heterocycles. The lowest BCUT2D eigenvalue weighted by Gasteiger charge is -2.34. The molecule has 1 aromatic carbocycles. The smallest absolute Gasteiger partial charge is 0.263 e. The molecule has 1 atom stereocenters. The number of aromatic nitrogens is 1. The van der Waals surface area contributed by atoms with Gasteiger partial charge in [0, 0.05) is 43.4 Å². The van der Waals surface area contributed by atoms with Gasteiger partial charge in [-0.2, -0.15) is 0 Å². The second-order valence-corrected chi connectivity index (χ2v) is 9.70. The third kappa shape index (κ3) is 3.80. The molecule has 2 amide bonds. The zero-order valence-electron chi connectivity index (χ0n) is 18.5. The molecule has 2 aromatic heterocycles. The van der Waals surface area contributed by atoms with E-state index in [1.807, 2.05) is 23.1 Å². The molecule has 1 aliphatic heterocycles. The van der Waals surface area contributed by atoms with Gasteiger partial charge in [0.15, 0.2) is 0 Å². The first kappa shape index (κ1) is 21.1. The van der Waals surface area contributed by atoms with Gasteiger partial charge in [0.2, 0.25) is 0 Å². The third-order valence-corrected chi connectivity index (χ3v) is 7.49. The SMILES string of the molecule is CN(C)C(=O)c1sc2ncccc2c1C1CN(C(=O)c2ccc3c(c2)CCCC3)CCO1. The van der Waals surface area contributed by atoms with Gasteiger partial charge < -0.3 is 14.5 Å². The van der Waals surface area contributed by atoms with E-state index in [4.69, 9.17) is 4.74 Å². The van der Waals surface area contributed by atoms with Crippen molar-refractivity contribution in [2.24, 2.45) is 0 Å². The Morgan fingerprint density at radius 2 is 1.97 bits per heavy atom. The first-order chi connectivity index (χ1) is 15.5. The summed E-state index contributed by atoms with van der Waals surface area (Å²) in [6, 6.07) is 10.0. The van der Waals surface area contributed by atoms with Crippen molar-refractivity contribution in [3.63, 3.8) is 0 Å². The number of rotatable bonds is 3. The van der Waals surface area contributed by atoms with Crippen LogP contribution in [0.3, 0.4) is 0 Å². The largest absolute Gasteiger partial charge is 0.370 e. The molecule has 0 spiro atoms. The van der Waals surface area contributed by atoms with Gasteiger partial charge in [-0.25, -0.2) is 4.98 Å². The minimum Gasteiger partial charge on any atom is -0.370 e. The summed E-state index contributed by atoms with van der Waals surface area (Å²) in [5, 5.41) is 0.927. The lowest BCUT2D eigenvalue weighted by atomic mass is 9.90. The van der Waals surface area contributed by atoms with E-state index in [1.165, 1.54) is 35.3 Å². The summed E-state index contributed by atoms with van der Waals surface area (Å²) in [5.41, 5.74) is 4.27. The average Bonchev–Trinajstić information content (AvgIpc) is 3.22. The lowest BCUT2D eigenvalue weighted by molar-refractivity contribution is -0.0223. The van der Waals surface area contributed by atoms with Gasteiger partial charge in [-0.05, 0) is 55.0 Å². The molecule has 1 fully saturated rings. The minimum atomic E-state index is -0.359. The van der Waals surface area contributed by atoms with E-state index >= 15 is 0 Å². The molecule has 3 heterocycles. The molecular weight excluding hydrogens is 422 g/mol. The van der Waals surface area contributed by atoms with E-state index in [2.05, 4.69) is 17.1 Å². The van der Waals surface area contributed by atoms with Crippen LogP contribution in [0.5, 0.6) is 0 Å². The predicted octanol–water partition coefficient (Wildman–Crippen LogP) is 4.09. The Morgan fingerprint density at radius 1 is 1.16 bits per heavy atom. The minimum absolute atomic E-state index is 0.0322. The number of benzene rings is 1. The van der Waals surface area contributed by atoms with Crippen LogP contribution in [0.25, 0.3) is 10.2 Å². The Labute approximate surface area is 191 Å². The number of fused-ring (bicyclic) bond motifs is 2. The maximum atomic E-state index is 13.4. The van der Waals surface area contributed by atoms with E-state index in [1.54, 1.807) is 25.2 Å². The number of carbonyl (C=O) groups is 2. The Kier molecular flexibility index (Phi) is 5.69. The first-order valence-corrected chi connectivity index (χ1v) is 12.0. The highest BCUT2D eigenvalue weighted by atomic mass is 32.1. The van der Waals surface area contributed by atoms with Gasteiger partial charge in [0.05, 0.1) is 13.2 Å². The molecule has 166 valence electrons. The summed E-state index contributed by atoms with van der Waals surface area (Å²) in [6.45, 7) is 1.41. The Balaban J connectivity index is 1.45. The standard InChI is InChI=1S/C25H27N3O3S/c1-27(2)25(30)22-21(19-8-5-11-26-23(19)32-22)20-15-28(12-13-31-20)24(29)18-10-9-16-6-3-4-7-17(16)14-18/h5,8-11,14,20H,3-4,6-7,12-13,15H2,1-2H3. The Hall–Kier alpha value is -2.77. The van der Waals surface area contributed by atoms with E-state index in [9.17, 15) is 9.59 Å². The monoisotopic (exact) mass is 449 g/mol. The summed E-state index contributed by atoms with van der Waals surface area (Å²) < 4.78 is 6.12. The summed E-state index contributed by atoms with van der Waals surface area (Å²) in [4.78, 5) is 35.6. The number of nitrogens with zero attached hydrogens (tertiary/aromatic N) is 3. The molecule has 3 aromatic rings. The molecule has 0 radical (unpaired) electrons. The van der Waals surface area contributed by atoms with E-state index in [-0.39, 0.29) is 17.9 Å². The van der Waals surface area contributed by atoms with Crippen LogP contribution in [0.2, 0.25) is 0 Å². The first-order valence-electron chi connectivity index (χ1n) is 11.1. The molecule has 1 unspecified atom stereocenters. The zero-order chi connectivity index (χ0) is 22.2. The van der Waals surface area contributed by atoms with E-state index in [0.717, 1.165) is 34.2 Å². The average molecular weight is 450 g/mol. The molecule has 5 rings (SSSR count).